The number of nitrogens with one attached hydrogen (secondary N) is 1. The number of hydrogen-bond acceptors (Lipinski definition) is 7. The van der Waals surface area contributed by atoms with Crippen molar-refractivity contribution in [2.24, 2.45) is 0 Å². The smallest absolute Gasteiger partial charge is 0.339 e. The van der Waals surface area contributed by atoms with E-state index in [-0.39, 0.29) is 16.1 Å². The third-order valence-corrected chi connectivity index (χ3v) is 5.66. The van der Waals surface area contributed by atoms with E-state index < -0.39 is 46.8 Å². The number of methoxy groups -OCH3 is 1. The summed E-state index contributed by atoms with van der Waals surface area (Å²) in [4.78, 5) is 35.4. The molecule has 30 heavy (non-hydrogen) atoms. The molecule has 0 aromatic heterocycles. The van der Waals surface area contributed by atoms with Gasteiger partial charge in [-0.2, -0.15) is 4.31 Å². The van der Waals surface area contributed by atoms with Crippen LogP contribution < -0.4 is 5.32 Å². The van der Waals surface area contributed by atoms with E-state index in [0.29, 0.717) is 4.31 Å². The first kappa shape index (κ1) is 23.0. The highest BCUT2D eigenvalue weighted by Gasteiger charge is 2.24. The Morgan fingerprint density at radius 3 is 2.33 bits per heavy atom. The van der Waals surface area contributed by atoms with Crippen LogP contribution >= 0.6 is 0 Å². The third kappa shape index (κ3) is 5.84. The summed E-state index contributed by atoms with van der Waals surface area (Å²) in [5.41, 5.74) is 0.284. The molecule has 1 amide bonds. The maximum Gasteiger partial charge on any atom is 0.339 e. The lowest BCUT2D eigenvalue weighted by Crippen LogP contribution is -2.34. The molecule has 11 heteroatoms. The van der Waals surface area contributed by atoms with Crippen LogP contribution in [0.1, 0.15) is 10.4 Å². The van der Waals surface area contributed by atoms with Gasteiger partial charge in [-0.05, 0) is 36.4 Å². The number of para-hydroxylation sites is 1. The molecule has 2 aromatic rings. The van der Waals surface area contributed by atoms with Crippen molar-refractivity contribution >= 4 is 33.6 Å². The summed E-state index contributed by atoms with van der Waals surface area (Å²) in [6.07, 6.45) is 0. The lowest BCUT2D eigenvalue weighted by molar-refractivity contribution is -0.147. The fourth-order valence-electron chi connectivity index (χ4n) is 2.31. The van der Waals surface area contributed by atoms with Crippen molar-refractivity contribution in [1.29, 1.82) is 0 Å². The molecule has 0 spiro atoms. The molecule has 0 radical (unpaired) electrons. The average molecular weight is 438 g/mol. The Morgan fingerprint density at radius 2 is 1.70 bits per heavy atom. The van der Waals surface area contributed by atoms with E-state index in [1.54, 1.807) is 12.1 Å². The van der Waals surface area contributed by atoms with Gasteiger partial charge in [0.05, 0.1) is 23.3 Å². The zero-order valence-electron chi connectivity index (χ0n) is 16.1. The van der Waals surface area contributed by atoms with Crippen LogP contribution in [0.4, 0.5) is 10.1 Å². The van der Waals surface area contributed by atoms with E-state index in [9.17, 15) is 27.2 Å². The number of nitrogens with zero attached hydrogens (tertiary/aromatic N) is 1. The molecule has 2 rings (SSSR count). The molecule has 0 saturated carbocycles. The number of benzene rings is 2. The Balaban J connectivity index is 1.92. The number of carbonyl (C=O) groups excluding carboxylic acids is 3. The van der Waals surface area contributed by atoms with Crippen LogP contribution in [0, 0.1) is 5.82 Å². The fourth-order valence-corrected chi connectivity index (χ4v) is 3.43. The van der Waals surface area contributed by atoms with E-state index in [1.165, 1.54) is 19.2 Å². The summed E-state index contributed by atoms with van der Waals surface area (Å²) in [5.74, 6) is -2.96. The second-order valence-electron chi connectivity index (χ2n) is 5.96. The van der Waals surface area contributed by atoms with E-state index in [0.717, 1.165) is 31.3 Å². The first-order valence-electron chi connectivity index (χ1n) is 8.50. The standard InChI is InChI=1S/C19H19FN2O7S/c1-22(30(26,27)14-9-7-13(20)8-10-14)11-18(24)29-12-17(23)21-16-6-4-3-5-15(16)19(25)28-2/h3-10H,11-12H2,1-2H3,(H,21,23). The number of ether oxygens (including phenoxy) is 2. The topological polar surface area (TPSA) is 119 Å². The number of rotatable bonds is 8. The van der Waals surface area contributed by atoms with Crippen LogP contribution in [-0.4, -0.2) is 57.9 Å². The molecule has 0 aliphatic heterocycles. The zero-order chi connectivity index (χ0) is 22.3. The summed E-state index contributed by atoms with van der Waals surface area (Å²) in [5, 5.41) is 2.41. The van der Waals surface area contributed by atoms with Crippen molar-refractivity contribution in [2.45, 2.75) is 4.90 Å². The van der Waals surface area contributed by atoms with E-state index >= 15 is 0 Å². The fraction of sp³-hybridized carbons (Fsp3) is 0.211. The summed E-state index contributed by atoms with van der Waals surface area (Å²) >= 11 is 0. The zero-order valence-corrected chi connectivity index (χ0v) is 16.9. The lowest BCUT2D eigenvalue weighted by Gasteiger charge is -2.16. The van der Waals surface area contributed by atoms with Gasteiger partial charge in [0, 0.05) is 7.05 Å². The number of anilines is 1. The van der Waals surface area contributed by atoms with Crippen LogP contribution in [-0.2, 0) is 29.1 Å². The van der Waals surface area contributed by atoms with Crippen molar-refractivity contribution in [2.75, 3.05) is 32.6 Å². The summed E-state index contributed by atoms with van der Waals surface area (Å²) in [6.45, 7) is -1.36. The molecular weight excluding hydrogens is 419 g/mol. The van der Waals surface area contributed by atoms with Crippen molar-refractivity contribution in [1.82, 2.24) is 4.31 Å². The van der Waals surface area contributed by atoms with Gasteiger partial charge in [0.25, 0.3) is 5.91 Å². The van der Waals surface area contributed by atoms with Crippen LogP contribution in [0.25, 0.3) is 0 Å². The SMILES string of the molecule is COC(=O)c1ccccc1NC(=O)COC(=O)CN(C)S(=O)(=O)c1ccc(F)cc1. The Bertz CT molecular complexity index is 1040. The van der Waals surface area contributed by atoms with Gasteiger partial charge >= 0.3 is 11.9 Å². The molecule has 0 aliphatic carbocycles. The summed E-state index contributed by atoms with van der Waals surface area (Å²) in [7, 11) is -1.70. The van der Waals surface area contributed by atoms with E-state index in [2.05, 4.69) is 10.1 Å². The van der Waals surface area contributed by atoms with Gasteiger partial charge < -0.3 is 14.8 Å². The van der Waals surface area contributed by atoms with Gasteiger partial charge in [0.15, 0.2) is 6.61 Å². The number of likely N-dealkylation sites (N-methyl/N-ethyl adjacent to an activating group) is 1. The Kier molecular flexibility index (Phi) is 7.61. The molecule has 0 fully saturated rings. The van der Waals surface area contributed by atoms with Crippen molar-refractivity contribution < 1.29 is 36.7 Å². The number of sulfonamides is 1. The van der Waals surface area contributed by atoms with Gasteiger partial charge in [0.2, 0.25) is 10.0 Å². The molecule has 1 N–H and O–H groups in total. The third-order valence-electron chi connectivity index (χ3n) is 3.84. The van der Waals surface area contributed by atoms with Gasteiger partial charge in [-0.3, -0.25) is 9.59 Å². The normalized spacial score (nSPS) is 11.1. The van der Waals surface area contributed by atoms with Gasteiger partial charge in [0.1, 0.15) is 12.4 Å². The van der Waals surface area contributed by atoms with Gasteiger partial charge in [-0.25, -0.2) is 17.6 Å². The predicted molar refractivity (Wildman–Crippen MR) is 104 cm³/mol. The minimum atomic E-state index is -4.04. The molecule has 2 aromatic carbocycles. The van der Waals surface area contributed by atoms with E-state index in [1.807, 2.05) is 0 Å². The molecule has 0 bridgehead atoms. The Morgan fingerprint density at radius 1 is 1.07 bits per heavy atom. The number of carbonyl (C=O) groups is 3. The number of amides is 1. The van der Waals surface area contributed by atoms with Crippen molar-refractivity contribution in [3.8, 4) is 0 Å². The largest absolute Gasteiger partial charge is 0.465 e. The summed E-state index contributed by atoms with van der Waals surface area (Å²) in [6, 6.07) is 10.2. The highest BCUT2D eigenvalue weighted by molar-refractivity contribution is 7.89. The van der Waals surface area contributed by atoms with Crippen LogP contribution in [0.2, 0.25) is 0 Å². The highest BCUT2D eigenvalue weighted by atomic mass is 32.2. The maximum atomic E-state index is 13.0. The Labute approximate surface area is 172 Å². The molecule has 0 heterocycles. The maximum absolute atomic E-state index is 13.0. The monoisotopic (exact) mass is 438 g/mol. The van der Waals surface area contributed by atoms with Gasteiger partial charge in [-0.15, -0.1) is 0 Å². The minimum Gasteiger partial charge on any atom is -0.465 e. The second kappa shape index (κ2) is 9.94. The first-order chi connectivity index (χ1) is 14.1. The summed E-state index contributed by atoms with van der Waals surface area (Å²) < 4.78 is 47.8. The molecule has 160 valence electrons. The average Bonchev–Trinajstić information content (AvgIpc) is 2.72. The Hall–Kier alpha value is -3.31. The molecule has 0 aliphatic rings. The minimum absolute atomic E-state index is 0.116. The number of hydrogen-bond donors (Lipinski definition) is 1. The van der Waals surface area contributed by atoms with Crippen LogP contribution in [0.15, 0.2) is 53.4 Å². The van der Waals surface area contributed by atoms with Crippen molar-refractivity contribution in [3.05, 3.63) is 59.9 Å². The van der Waals surface area contributed by atoms with Crippen LogP contribution in [0.5, 0.6) is 0 Å². The molecule has 0 atom stereocenters. The molecule has 0 unspecified atom stereocenters. The van der Waals surface area contributed by atoms with Crippen LogP contribution in [0.3, 0.4) is 0 Å². The molecule has 9 nitrogen and oxygen atoms in total. The van der Waals surface area contributed by atoms with Crippen molar-refractivity contribution in [3.63, 3.8) is 0 Å². The molecular formula is C19H19FN2O7S. The second-order valence-corrected chi connectivity index (χ2v) is 8.01. The lowest BCUT2D eigenvalue weighted by atomic mass is 10.2. The van der Waals surface area contributed by atoms with Gasteiger partial charge in [-0.1, -0.05) is 12.1 Å². The number of halogens is 1. The highest BCUT2D eigenvalue weighted by Crippen LogP contribution is 2.16. The predicted octanol–water partition coefficient (Wildman–Crippen LogP) is 1.41. The first-order valence-corrected chi connectivity index (χ1v) is 9.94. The number of esters is 2. The van der Waals surface area contributed by atoms with E-state index in [4.69, 9.17) is 4.74 Å². The molecule has 0 saturated heterocycles. The quantitative estimate of drug-likeness (QED) is 0.619.